The van der Waals surface area contributed by atoms with Gasteiger partial charge < -0.3 is 9.63 Å². The van der Waals surface area contributed by atoms with Gasteiger partial charge in [0.15, 0.2) is 5.82 Å². The zero-order valence-electron chi connectivity index (χ0n) is 14.0. The average Bonchev–Trinajstić information content (AvgIpc) is 3.23. The van der Waals surface area contributed by atoms with Crippen molar-refractivity contribution < 1.29 is 9.63 Å². The number of aliphatic hydroxyl groups excluding tert-OH is 1. The van der Waals surface area contributed by atoms with Crippen molar-refractivity contribution >= 4 is 0 Å². The Morgan fingerprint density at radius 3 is 2.40 bits per heavy atom. The Bertz CT molecular complexity index is 804. The lowest BCUT2D eigenvalue weighted by Crippen LogP contribution is -2.24. The number of hydrogen-bond acceptors (Lipinski definition) is 5. The summed E-state index contributed by atoms with van der Waals surface area (Å²) in [7, 11) is 0. The van der Waals surface area contributed by atoms with Gasteiger partial charge >= 0.3 is 0 Å². The molecule has 2 heterocycles. The maximum Gasteiger partial charge on any atom is 0.244 e. The molecule has 0 aliphatic carbocycles. The zero-order chi connectivity index (χ0) is 17.1. The Hall–Kier alpha value is -2.50. The number of rotatable bonds is 5. The lowest BCUT2D eigenvalue weighted by molar-refractivity contribution is 0.169. The molecule has 0 amide bonds. The van der Waals surface area contributed by atoms with Crippen molar-refractivity contribution in [2.75, 3.05) is 6.54 Å². The first-order valence-electron chi connectivity index (χ1n) is 8.60. The summed E-state index contributed by atoms with van der Waals surface area (Å²) in [6, 6.07) is 20.3. The molecule has 1 saturated heterocycles. The van der Waals surface area contributed by atoms with Crippen LogP contribution in [-0.2, 0) is 13.0 Å². The van der Waals surface area contributed by atoms with Crippen LogP contribution in [0.1, 0.15) is 35.3 Å². The third kappa shape index (κ3) is 3.78. The summed E-state index contributed by atoms with van der Waals surface area (Å²) >= 11 is 0. The first-order chi connectivity index (χ1) is 12.3. The highest BCUT2D eigenvalue weighted by Crippen LogP contribution is 2.32. The van der Waals surface area contributed by atoms with Crippen LogP contribution in [-0.4, -0.2) is 32.8 Å². The van der Waals surface area contributed by atoms with Crippen LogP contribution in [0.4, 0.5) is 0 Å². The number of benzene rings is 2. The van der Waals surface area contributed by atoms with Gasteiger partial charge in [0.1, 0.15) is 0 Å². The fraction of sp³-hybridized carbons (Fsp3) is 0.300. The molecule has 5 heteroatoms. The van der Waals surface area contributed by atoms with E-state index in [2.05, 4.69) is 39.3 Å². The van der Waals surface area contributed by atoms with E-state index in [4.69, 9.17) is 4.52 Å². The summed E-state index contributed by atoms with van der Waals surface area (Å²) in [5.41, 5.74) is 2.37. The highest BCUT2D eigenvalue weighted by atomic mass is 16.5. The van der Waals surface area contributed by atoms with Gasteiger partial charge in [0.2, 0.25) is 5.89 Å². The predicted molar refractivity (Wildman–Crippen MR) is 93.8 cm³/mol. The van der Waals surface area contributed by atoms with Gasteiger partial charge in [0, 0.05) is 19.5 Å². The third-order valence-corrected chi connectivity index (χ3v) is 4.58. The van der Waals surface area contributed by atoms with E-state index in [1.807, 2.05) is 36.4 Å². The number of nitrogens with zero attached hydrogens (tertiary/aromatic N) is 3. The second-order valence-electron chi connectivity index (χ2n) is 6.53. The van der Waals surface area contributed by atoms with Gasteiger partial charge in [-0.25, -0.2) is 0 Å². The van der Waals surface area contributed by atoms with E-state index in [1.54, 1.807) is 0 Å². The first kappa shape index (κ1) is 16.0. The Labute approximate surface area is 146 Å². The van der Waals surface area contributed by atoms with Gasteiger partial charge in [-0.05, 0) is 17.5 Å². The average molecular weight is 335 g/mol. The highest BCUT2D eigenvalue weighted by Gasteiger charge is 2.35. The number of β-amino-alcohol motifs (C(OH)–C–C–N with tert-alkyl or cyclic N) is 1. The summed E-state index contributed by atoms with van der Waals surface area (Å²) < 4.78 is 5.52. The summed E-state index contributed by atoms with van der Waals surface area (Å²) in [6.45, 7) is 1.38. The summed E-state index contributed by atoms with van der Waals surface area (Å²) in [5, 5.41) is 14.2. The molecular weight excluding hydrogens is 314 g/mol. The number of aliphatic hydroxyl groups is 1. The topological polar surface area (TPSA) is 62.4 Å². The van der Waals surface area contributed by atoms with Crippen molar-refractivity contribution in [1.82, 2.24) is 15.0 Å². The molecule has 0 saturated carbocycles. The van der Waals surface area contributed by atoms with Crippen LogP contribution in [0, 0.1) is 0 Å². The predicted octanol–water partition coefficient (Wildman–Crippen LogP) is 2.97. The van der Waals surface area contributed by atoms with E-state index in [9.17, 15) is 5.11 Å². The minimum atomic E-state index is -0.363. The van der Waals surface area contributed by atoms with Gasteiger partial charge in [-0.15, -0.1) is 0 Å². The molecule has 1 aliphatic rings. The number of likely N-dealkylation sites (tertiary alicyclic amines) is 1. The van der Waals surface area contributed by atoms with Crippen LogP contribution >= 0.6 is 0 Å². The molecular formula is C20H21N3O2. The quantitative estimate of drug-likeness (QED) is 0.777. The molecule has 128 valence electrons. The van der Waals surface area contributed by atoms with E-state index in [-0.39, 0.29) is 12.1 Å². The monoisotopic (exact) mass is 335 g/mol. The lowest BCUT2D eigenvalue weighted by atomic mass is 10.1. The van der Waals surface area contributed by atoms with Crippen LogP contribution in [0.15, 0.2) is 65.2 Å². The van der Waals surface area contributed by atoms with Crippen molar-refractivity contribution in [3.63, 3.8) is 0 Å². The van der Waals surface area contributed by atoms with E-state index >= 15 is 0 Å². The Kier molecular flexibility index (Phi) is 4.59. The molecule has 4 rings (SSSR count). The fourth-order valence-electron chi connectivity index (χ4n) is 3.38. The van der Waals surface area contributed by atoms with Gasteiger partial charge in [-0.1, -0.05) is 65.8 Å². The molecule has 1 fully saturated rings. The molecule has 1 aliphatic heterocycles. The van der Waals surface area contributed by atoms with Crippen LogP contribution in [0.5, 0.6) is 0 Å². The summed E-state index contributed by atoms with van der Waals surface area (Å²) in [5.74, 6) is 1.28. The molecule has 2 atom stereocenters. The van der Waals surface area contributed by atoms with Gasteiger partial charge in [-0.2, -0.15) is 4.98 Å². The van der Waals surface area contributed by atoms with E-state index in [0.29, 0.717) is 31.1 Å². The van der Waals surface area contributed by atoms with Crippen LogP contribution in [0.2, 0.25) is 0 Å². The van der Waals surface area contributed by atoms with Gasteiger partial charge in [-0.3, -0.25) is 4.90 Å². The van der Waals surface area contributed by atoms with Crippen LogP contribution in [0.3, 0.4) is 0 Å². The molecule has 3 aromatic rings. The second-order valence-corrected chi connectivity index (χ2v) is 6.53. The SMILES string of the molecule is O[C@@H]1C[C@@H](c2nc(Cc3ccccc3)no2)N(Cc2ccccc2)C1. The molecule has 0 radical (unpaired) electrons. The largest absolute Gasteiger partial charge is 0.392 e. The van der Waals surface area contributed by atoms with Gasteiger partial charge in [0.25, 0.3) is 0 Å². The summed E-state index contributed by atoms with van der Waals surface area (Å²) in [4.78, 5) is 6.79. The van der Waals surface area contributed by atoms with E-state index in [1.165, 1.54) is 5.56 Å². The molecule has 2 aromatic carbocycles. The van der Waals surface area contributed by atoms with Crippen LogP contribution < -0.4 is 0 Å². The second kappa shape index (κ2) is 7.17. The van der Waals surface area contributed by atoms with Crippen LogP contribution in [0.25, 0.3) is 0 Å². The van der Waals surface area contributed by atoms with Crippen molar-refractivity contribution in [2.24, 2.45) is 0 Å². The molecule has 0 bridgehead atoms. The molecule has 5 nitrogen and oxygen atoms in total. The normalized spacial score (nSPS) is 20.8. The Balaban J connectivity index is 1.49. The van der Waals surface area contributed by atoms with Crippen molar-refractivity contribution in [1.29, 1.82) is 0 Å². The van der Waals surface area contributed by atoms with E-state index < -0.39 is 0 Å². The Morgan fingerprint density at radius 2 is 1.68 bits per heavy atom. The van der Waals surface area contributed by atoms with Crippen molar-refractivity contribution in [3.05, 3.63) is 83.5 Å². The molecule has 0 unspecified atom stereocenters. The minimum Gasteiger partial charge on any atom is -0.392 e. The van der Waals surface area contributed by atoms with Crippen molar-refractivity contribution in [2.45, 2.75) is 31.5 Å². The third-order valence-electron chi connectivity index (χ3n) is 4.58. The molecule has 0 spiro atoms. The summed E-state index contributed by atoms with van der Waals surface area (Å²) in [6.07, 6.45) is 0.913. The fourth-order valence-corrected chi connectivity index (χ4v) is 3.38. The Morgan fingerprint density at radius 1 is 1.00 bits per heavy atom. The smallest absolute Gasteiger partial charge is 0.244 e. The highest BCUT2D eigenvalue weighted by molar-refractivity contribution is 5.19. The van der Waals surface area contributed by atoms with E-state index in [0.717, 1.165) is 12.1 Å². The van der Waals surface area contributed by atoms with Crippen molar-refractivity contribution in [3.8, 4) is 0 Å². The maximum atomic E-state index is 10.1. The van der Waals surface area contributed by atoms with Gasteiger partial charge in [0.05, 0.1) is 12.1 Å². The molecule has 1 N–H and O–H groups in total. The number of aromatic nitrogens is 2. The number of hydrogen-bond donors (Lipinski definition) is 1. The minimum absolute atomic E-state index is 0.0350. The molecule has 1 aromatic heterocycles. The first-order valence-corrected chi connectivity index (χ1v) is 8.60. The maximum absolute atomic E-state index is 10.1. The zero-order valence-corrected chi connectivity index (χ0v) is 14.0. The lowest BCUT2D eigenvalue weighted by Gasteiger charge is -2.21. The standard InChI is InChI=1S/C20H21N3O2/c24-17-12-18(23(14-17)13-16-9-5-2-6-10-16)20-21-19(22-25-20)11-15-7-3-1-4-8-15/h1-10,17-18,24H,11-14H2/t17-,18+/m1/s1. The molecule has 25 heavy (non-hydrogen) atoms.